The van der Waals surface area contributed by atoms with Crippen LogP contribution >= 0.6 is 0 Å². The minimum atomic E-state index is 0.249. The molecule has 0 amide bonds. The van der Waals surface area contributed by atoms with E-state index >= 15 is 0 Å². The van der Waals surface area contributed by atoms with Crippen molar-refractivity contribution < 1.29 is 4.79 Å². The Kier molecular flexibility index (Phi) is 1.31. The molecule has 1 aliphatic rings. The Morgan fingerprint density at radius 3 is 2.86 bits per heavy atom. The zero-order valence-electron chi connectivity index (χ0n) is 3.92. The summed E-state index contributed by atoms with van der Waals surface area (Å²) in [4.78, 5) is 10.4. The summed E-state index contributed by atoms with van der Waals surface area (Å²) in [6.45, 7) is 0. The standard InChI is InChI=1S/C5H6OSi/c6-5-1-3-7-4-2-5/h1,3-4,7H,2H2. The van der Waals surface area contributed by atoms with Gasteiger partial charge in [-0.05, 0) is 6.08 Å². The topological polar surface area (TPSA) is 17.1 Å². The van der Waals surface area contributed by atoms with Crippen molar-refractivity contribution in [2.45, 2.75) is 6.42 Å². The second-order valence-electron chi connectivity index (χ2n) is 1.46. The number of ketones is 1. The maximum atomic E-state index is 10.4. The van der Waals surface area contributed by atoms with Gasteiger partial charge in [-0.25, -0.2) is 0 Å². The van der Waals surface area contributed by atoms with Crippen LogP contribution in [0, 0.1) is 0 Å². The number of allylic oxidation sites excluding steroid dienone is 1. The molecule has 1 aliphatic heterocycles. The predicted molar refractivity (Wildman–Crippen MR) is 32.0 cm³/mol. The summed E-state index contributed by atoms with van der Waals surface area (Å²) in [6, 6.07) is 0. The van der Waals surface area contributed by atoms with Gasteiger partial charge in [0.25, 0.3) is 0 Å². The lowest BCUT2D eigenvalue weighted by Gasteiger charge is -1.88. The molecule has 0 aromatic carbocycles. The Hall–Kier alpha value is -0.503. The molecule has 0 aromatic rings. The zero-order valence-corrected chi connectivity index (χ0v) is 5.08. The fourth-order valence-electron chi connectivity index (χ4n) is 0.494. The van der Waals surface area contributed by atoms with Gasteiger partial charge in [0.05, 0.1) is 0 Å². The molecule has 0 radical (unpaired) electrons. The van der Waals surface area contributed by atoms with Crippen molar-refractivity contribution in [3.05, 3.63) is 11.8 Å². The fraction of sp³-hybridized carbons (Fsp3) is 0.200. The molecule has 1 heterocycles. The molecule has 0 spiro atoms. The van der Waals surface area contributed by atoms with Crippen LogP contribution in [0.5, 0.6) is 0 Å². The van der Waals surface area contributed by atoms with Gasteiger partial charge >= 0.3 is 0 Å². The highest BCUT2D eigenvalue weighted by atomic mass is 28.2. The molecule has 0 bridgehead atoms. The van der Waals surface area contributed by atoms with E-state index < -0.39 is 0 Å². The van der Waals surface area contributed by atoms with Crippen molar-refractivity contribution >= 4 is 20.6 Å². The van der Waals surface area contributed by atoms with Crippen molar-refractivity contribution in [1.82, 2.24) is 0 Å². The van der Waals surface area contributed by atoms with E-state index in [0.29, 0.717) is 15.6 Å². The normalized spacial score (nSPS) is 18.0. The average Bonchev–Trinajstić information content (AvgIpc) is 1.69. The number of hydrogen-bond acceptors (Lipinski definition) is 1. The molecular formula is C5H6OSi. The lowest BCUT2D eigenvalue weighted by molar-refractivity contribution is -0.113. The van der Waals surface area contributed by atoms with E-state index in [-0.39, 0.29) is 5.78 Å². The van der Waals surface area contributed by atoms with Crippen molar-refractivity contribution in [3.8, 4) is 0 Å². The molecule has 0 aromatic heterocycles. The minimum absolute atomic E-state index is 0.249. The van der Waals surface area contributed by atoms with Crippen LogP contribution < -0.4 is 0 Å². The third-order valence-corrected chi connectivity index (χ3v) is 1.77. The molecule has 0 saturated carbocycles. The van der Waals surface area contributed by atoms with E-state index in [2.05, 4.69) is 5.67 Å². The first-order valence-electron chi connectivity index (χ1n) is 2.25. The Labute approximate surface area is 44.5 Å². The van der Waals surface area contributed by atoms with Crippen molar-refractivity contribution in [1.29, 1.82) is 0 Å². The predicted octanol–water partition coefficient (Wildman–Crippen LogP) is -0.288. The number of carbonyl (C=O) groups is 1. The Balaban J connectivity index is 2.66. The van der Waals surface area contributed by atoms with Crippen LogP contribution in [-0.4, -0.2) is 20.6 Å². The number of carbonyl (C=O) groups excluding carboxylic acids is 1. The third-order valence-electron chi connectivity index (χ3n) is 0.848. The van der Waals surface area contributed by atoms with E-state index in [1.165, 1.54) is 0 Å². The van der Waals surface area contributed by atoms with Gasteiger partial charge in [0.2, 0.25) is 0 Å². The van der Waals surface area contributed by atoms with E-state index in [0.717, 1.165) is 0 Å². The molecule has 0 N–H and O–H groups in total. The first-order valence-corrected chi connectivity index (χ1v) is 3.59. The van der Waals surface area contributed by atoms with E-state index in [4.69, 9.17) is 0 Å². The van der Waals surface area contributed by atoms with Gasteiger partial charge in [-0.3, -0.25) is 4.79 Å². The van der Waals surface area contributed by atoms with Crippen molar-refractivity contribution in [3.63, 3.8) is 0 Å². The fourth-order valence-corrected chi connectivity index (χ4v) is 1.34. The molecule has 0 atom stereocenters. The summed E-state index contributed by atoms with van der Waals surface area (Å²) < 4.78 is 0. The Morgan fingerprint density at radius 1 is 1.71 bits per heavy atom. The molecule has 1 rings (SSSR count). The largest absolute Gasteiger partial charge is 0.295 e. The summed E-state index contributed by atoms with van der Waals surface area (Å²) in [5, 5.41) is 0. The maximum absolute atomic E-state index is 10.4. The third kappa shape index (κ3) is 1.20. The van der Waals surface area contributed by atoms with Gasteiger partial charge < -0.3 is 0 Å². The van der Waals surface area contributed by atoms with E-state index in [9.17, 15) is 4.79 Å². The lowest BCUT2D eigenvalue weighted by atomic mass is 10.3. The molecule has 0 fully saturated rings. The van der Waals surface area contributed by atoms with Crippen LogP contribution in [0.4, 0.5) is 0 Å². The lowest BCUT2D eigenvalue weighted by Crippen LogP contribution is -1.99. The average molecular weight is 110 g/mol. The summed E-state index contributed by atoms with van der Waals surface area (Å²) in [5.41, 5.74) is 4.02. The van der Waals surface area contributed by atoms with E-state index in [1.807, 2.05) is 5.70 Å². The summed E-state index contributed by atoms with van der Waals surface area (Å²) in [5.74, 6) is 0.249. The van der Waals surface area contributed by atoms with Crippen LogP contribution in [-0.2, 0) is 4.79 Å². The molecule has 0 unspecified atom stereocenters. The molecule has 1 nitrogen and oxygen atoms in total. The van der Waals surface area contributed by atoms with Gasteiger partial charge in [-0.15, -0.1) is 0 Å². The second-order valence-corrected chi connectivity index (χ2v) is 2.70. The van der Waals surface area contributed by atoms with E-state index in [1.54, 1.807) is 6.08 Å². The molecule has 0 saturated heterocycles. The van der Waals surface area contributed by atoms with Crippen LogP contribution in [0.3, 0.4) is 0 Å². The van der Waals surface area contributed by atoms with Crippen LogP contribution in [0.2, 0.25) is 0 Å². The van der Waals surface area contributed by atoms with Gasteiger partial charge in [0.1, 0.15) is 0 Å². The zero-order chi connectivity index (χ0) is 5.11. The molecule has 0 aliphatic carbocycles. The first-order chi connectivity index (χ1) is 3.39. The summed E-state index contributed by atoms with van der Waals surface area (Å²) in [7, 11) is 0.356. The maximum Gasteiger partial charge on any atom is 0.158 e. The van der Waals surface area contributed by atoms with Gasteiger partial charge in [0.15, 0.2) is 5.78 Å². The highest BCUT2D eigenvalue weighted by Crippen LogP contribution is 1.83. The van der Waals surface area contributed by atoms with Crippen LogP contribution in [0.1, 0.15) is 6.42 Å². The number of rotatable bonds is 0. The highest BCUT2D eigenvalue weighted by Gasteiger charge is 1.92. The van der Waals surface area contributed by atoms with Crippen molar-refractivity contribution in [2.75, 3.05) is 0 Å². The molecule has 7 heavy (non-hydrogen) atoms. The minimum Gasteiger partial charge on any atom is -0.295 e. The monoisotopic (exact) mass is 110 g/mol. The number of hydrogen-bond donors (Lipinski definition) is 0. The van der Waals surface area contributed by atoms with Gasteiger partial charge in [0, 0.05) is 15.6 Å². The van der Waals surface area contributed by atoms with Crippen LogP contribution in [0.15, 0.2) is 11.8 Å². The summed E-state index contributed by atoms with van der Waals surface area (Å²) in [6.07, 6.45) is 2.35. The van der Waals surface area contributed by atoms with Gasteiger partial charge in [-0.1, -0.05) is 11.4 Å². The molecular weight excluding hydrogens is 104 g/mol. The quantitative estimate of drug-likeness (QED) is 0.392. The Bertz CT molecular complexity index is 135. The van der Waals surface area contributed by atoms with Crippen LogP contribution in [0.25, 0.3) is 0 Å². The molecule has 36 valence electrons. The first kappa shape index (κ1) is 4.65. The smallest absolute Gasteiger partial charge is 0.158 e. The molecule has 2 heteroatoms. The SMILES string of the molecule is O=C1C=C[SiH]=CC1. The van der Waals surface area contributed by atoms with Gasteiger partial charge in [-0.2, -0.15) is 0 Å². The summed E-state index contributed by atoms with van der Waals surface area (Å²) >= 11 is 0. The Morgan fingerprint density at radius 2 is 2.57 bits per heavy atom. The van der Waals surface area contributed by atoms with Crippen molar-refractivity contribution in [2.24, 2.45) is 0 Å². The second kappa shape index (κ2) is 1.98. The highest BCUT2D eigenvalue weighted by molar-refractivity contribution is 6.55.